The molecule has 0 saturated heterocycles. The highest BCUT2D eigenvalue weighted by molar-refractivity contribution is 5.95. The van der Waals surface area contributed by atoms with E-state index in [1.165, 1.54) is 6.07 Å². The molecular formula is C29H26F7N5O4. The standard InChI is InChI=1S/C25H24FN5.2C2HF3O2/c1-2-17-8-13-21(26)23(14-17)31(20-11-9-19(10-12-20)25(27)28)16-24-29-15-22(30-24)18-6-4-3-5-7-18;2*3-2(4,5)1(6)7/h3-15H,2,16H2,1H3,(H3,27,28)(H,29,30);2*(H,6,7). The van der Waals surface area contributed by atoms with Gasteiger partial charge in [-0.3, -0.25) is 5.41 Å². The van der Waals surface area contributed by atoms with Crippen molar-refractivity contribution < 1.29 is 50.5 Å². The van der Waals surface area contributed by atoms with Crippen LogP contribution in [0.4, 0.5) is 42.1 Å². The second-order valence-electron chi connectivity index (χ2n) is 8.89. The quantitative estimate of drug-likeness (QED) is 0.0858. The number of carboxylic acid groups (broad SMARTS) is 2. The average Bonchev–Trinajstić information content (AvgIpc) is 3.45. The van der Waals surface area contributed by atoms with Gasteiger partial charge >= 0.3 is 24.3 Å². The van der Waals surface area contributed by atoms with E-state index in [0.717, 1.165) is 34.8 Å². The van der Waals surface area contributed by atoms with E-state index in [2.05, 4.69) is 4.98 Å². The van der Waals surface area contributed by atoms with Crippen molar-refractivity contribution >= 4 is 29.1 Å². The third kappa shape index (κ3) is 11.0. The lowest BCUT2D eigenvalue weighted by Gasteiger charge is -2.25. The van der Waals surface area contributed by atoms with E-state index in [4.69, 9.17) is 35.9 Å². The van der Waals surface area contributed by atoms with Gasteiger partial charge in [0.2, 0.25) is 0 Å². The van der Waals surface area contributed by atoms with Gasteiger partial charge in [-0.15, -0.1) is 0 Å². The summed E-state index contributed by atoms with van der Waals surface area (Å²) in [4.78, 5) is 27.6. The molecule has 0 aliphatic heterocycles. The molecule has 0 amide bonds. The number of anilines is 2. The molecule has 6 N–H and O–H groups in total. The van der Waals surface area contributed by atoms with Crippen LogP contribution in [0.25, 0.3) is 11.3 Å². The van der Waals surface area contributed by atoms with Gasteiger partial charge in [0.25, 0.3) is 0 Å². The fraction of sp³-hybridized carbons (Fsp3) is 0.172. The van der Waals surface area contributed by atoms with Gasteiger partial charge in [-0.05, 0) is 48.4 Å². The molecule has 0 saturated carbocycles. The predicted octanol–water partition coefficient (Wildman–Crippen LogP) is 6.67. The zero-order valence-electron chi connectivity index (χ0n) is 23.2. The Labute approximate surface area is 251 Å². The lowest BCUT2D eigenvalue weighted by molar-refractivity contribution is -0.193. The number of imidazole rings is 1. The van der Waals surface area contributed by atoms with Crippen LogP contribution in [0.5, 0.6) is 0 Å². The van der Waals surface area contributed by atoms with Crippen molar-refractivity contribution in [3.8, 4) is 11.3 Å². The maximum atomic E-state index is 14.9. The Bertz CT molecular complexity index is 1570. The minimum Gasteiger partial charge on any atom is -0.475 e. The molecule has 240 valence electrons. The number of carboxylic acids is 2. The van der Waals surface area contributed by atoms with E-state index >= 15 is 0 Å². The Kier molecular flexibility index (Phi) is 12.2. The van der Waals surface area contributed by atoms with Gasteiger partial charge in [0, 0.05) is 23.0 Å². The van der Waals surface area contributed by atoms with Crippen LogP contribution in [0, 0.1) is 11.2 Å². The van der Waals surface area contributed by atoms with Crippen LogP contribution in [0.3, 0.4) is 0 Å². The molecule has 0 bridgehead atoms. The number of amidine groups is 1. The first kappa shape index (κ1) is 35.8. The summed E-state index contributed by atoms with van der Waals surface area (Å²) < 4.78 is 78.4. The Morgan fingerprint density at radius 2 is 1.44 bits per heavy atom. The Morgan fingerprint density at radius 3 is 1.91 bits per heavy atom. The van der Waals surface area contributed by atoms with Crippen LogP contribution in [0.1, 0.15) is 23.9 Å². The first-order valence-corrected chi connectivity index (χ1v) is 12.6. The number of nitrogen functional groups attached to an aromatic ring is 1. The number of carbonyl (C=O) groups is 2. The number of aryl methyl sites for hydroxylation is 1. The zero-order chi connectivity index (χ0) is 33.9. The van der Waals surface area contributed by atoms with Crippen LogP contribution in [0.15, 0.2) is 79.0 Å². The molecule has 45 heavy (non-hydrogen) atoms. The first-order chi connectivity index (χ1) is 20.9. The third-order valence-corrected chi connectivity index (χ3v) is 5.69. The second kappa shape index (κ2) is 15.4. The van der Waals surface area contributed by atoms with Gasteiger partial charge in [-0.1, -0.05) is 43.3 Å². The van der Waals surface area contributed by atoms with Gasteiger partial charge in [-0.25, -0.2) is 19.0 Å². The molecule has 4 rings (SSSR count). The molecule has 3 aromatic carbocycles. The molecule has 0 atom stereocenters. The molecule has 0 radical (unpaired) electrons. The number of H-pyrrole nitrogens is 1. The number of nitrogens with zero attached hydrogens (tertiary/aromatic N) is 2. The smallest absolute Gasteiger partial charge is 0.475 e. The molecule has 0 fully saturated rings. The Morgan fingerprint density at radius 1 is 0.911 bits per heavy atom. The van der Waals surface area contributed by atoms with Gasteiger partial charge in [0.15, 0.2) is 0 Å². The maximum Gasteiger partial charge on any atom is 0.490 e. The molecule has 0 aliphatic carbocycles. The van der Waals surface area contributed by atoms with Crippen LogP contribution in [-0.4, -0.2) is 50.3 Å². The molecule has 9 nitrogen and oxygen atoms in total. The summed E-state index contributed by atoms with van der Waals surface area (Å²) >= 11 is 0. The molecule has 0 spiro atoms. The fourth-order valence-corrected chi connectivity index (χ4v) is 3.47. The SMILES string of the molecule is CCc1ccc(F)c(N(Cc2nc(-c3ccccc3)c[nH]2)c2ccc(C(=N)N)cc2)c1.O=C(O)C(F)(F)F.O=C(O)C(F)(F)F. The number of alkyl halides is 6. The van der Waals surface area contributed by atoms with E-state index < -0.39 is 24.3 Å². The minimum atomic E-state index is -5.08. The van der Waals surface area contributed by atoms with Crippen LogP contribution >= 0.6 is 0 Å². The predicted molar refractivity (Wildman–Crippen MR) is 150 cm³/mol. The monoisotopic (exact) mass is 641 g/mol. The summed E-state index contributed by atoms with van der Waals surface area (Å²) in [7, 11) is 0. The number of nitrogens with one attached hydrogen (secondary N) is 2. The van der Waals surface area contributed by atoms with Crippen LogP contribution < -0.4 is 10.6 Å². The number of hydrogen-bond acceptors (Lipinski definition) is 5. The Balaban J connectivity index is 0.000000421. The number of halogens is 7. The highest BCUT2D eigenvalue weighted by atomic mass is 19.4. The average molecular weight is 642 g/mol. The van der Waals surface area contributed by atoms with E-state index in [1.807, 2.05) is 66.6 Å². The highest BCUT2D eigenvalue weighted by Crippen LogP contribution is 2.31. The molecule has 16 heteroatoms. The number of aromatic nitrogens is 2. The number of aromatic amines is 1. The third-order valence-electron chi connectivity index (χ3n) is 5.69. The first-order valence-electron chi connectivity index (χ1n) is 12.6. The van der Waals surface area contributed by atoms with Gasteiger partial charge in [0.1, 0.15) is 17.5 Å². The molecule has 0 aliphatic rings. The maximum absolute atomic E-state index is 14.9. The summed E-state index contributed by atoms with van der Waals surface area (Å²) in [5, 5.41) is 21.9. The van der Waals surface area contributed by atoms with Crippen molar-refractivity contribution in [3.05, 3.63) is 102 Å². The summed E-state index contributed by atoms with van der Waals surface area (Å²) in [6.45, 7) is 2.40. The van der Waals surface area contributed by atoms with E-state index in [9.17, 15) is 30.7 Å². The van der Waals surface area contributed by atoms with Crippen molar-refractivity contribution in [2.75, 3.05) is 4.90 Å². The minimum absolute atomic E-state index is 0.00389. The van der Waals surface area contributed by atoms with Crippen molar-refractivity contribution in [1.82, 2.24) is 9.97 Å². The van der Waals surface area contributed by atoms with Crippen molar-refractivity contribution in [2.24, 2.45) is 5.73 Å². The number of hydrogen-bond donors (Lipinski definition) is 5. The Hall–Kier alpha value is -5.41. The van der Waals surface area contributed by atoms with E-state index in [1.54, 1.807) is 18.2 Å². The second-order valence-corrected chi connectivity index (χ2v) is 8.89. The molecular weight excluding hydrogens is 615 g/mol. The summed E-state index contributed by atoms with van der Waals surface area (Å²) in [6.07, 6.45) is -7.50. The number of rotatable bonds is 7. The van der Waals surface area contributed by atoms with Gasteiger partial charge < -0.3 is 25.8 Å². The fourth-order valence-electron chi connectivity index (χ4n) is 3.47. The number of nitrogens with two attached hydrogens (primary N) is 1. The van der Waals surface area contributed by atoms with Gasteiger partial charge in [-0.2, -0.15) is 26.3 Å². The molecule has 1 heterocycles. The number of benzene rings is 3. The zero-order valence-corrected chi connectivity index (χ0v) is 23.2. The van der Waals surface area contributed by atoms with Crippen molar-refractivity contribution in [3.63, 3.8) is 0 Å². The summed E-state index contributed by atoms with van der Waals surface area (Å²) in [6, 6.07) is 22.3. The lowest BCUT2D eigenvalue weighted by Crippen LogP contribution is -2.21. The highest BCUT2D eigenvalue weighted by Gasteiger charge is 2.38. The van der Waals surface area contributed by atoms with Crippen molar-refractivity contribution in [1.29, 1.82) is 5.41 Å². The van der Waals surface area contributed by atoms with Crippen molar-refractivity contribution in [2.45, 2.75) is 32.2 Å². The molecule has 4 aromatic rings. The molecule has 1 aromatic heterocycles. The lowest BCUT2D eigenvalue weighted by atomic mass is 10.1. The van der Waals surface area contributed by atoms with Crippen LogP contribution in [-0.2, 0) is 22.6 Å². The van der Waals surface area contributed by atoms with Gasteiger partial charge in [0.05, 0.1) is 17.9 Å². The van der Waals surface area contributed by atoms with E-state index in [0.29, 0.717) is 17.8 Å². The van der Waals surface area contributed by atoms with Crippen LogP contribution in [0.2, 0.25) is 0 Å². The summed E-state index contributed by atoms with van der Waals surface area (Å²) in [5.74, 6) is -5.10. The largest absolute Gasteiger partial charge is 0.490 e. The van der Waals surface area contributed by atoms with E-state index in [-0.39, 0.29) is 11.7 Å². The normalized spacial score (nSPS) is 10.9. The topological polar surface area (TPSA) is 156 Å². The molecule has 0 unspecified atom stereocenters. The summed E-state index contributed by atoms with van der Waals surface area (Å²) in [5.41, 5.74) is 10.4. The number of aliphatic carboxylic acids is 2.